The molecular formula is C25H21FN2OS. The molecule has 0 unspecified atom stereocenters. The molecule has 1 aromatic heterocycles. The van der Waals surface area contributed by atoms with Crippen molar-refractivity contribution in [2.45, 2.75) is 19.4 Å². The van der Waals surface area contributed by atoms with Crippen LogP contribution in [0.15, 0.2) is 72.8 Å². The number of thiophene rings is 1. The molecule has 0 spiro atoms. The summed E-state index contributed by atoms with van der Waals surface area (Å²) in [5.41, 5.74) is 4.11. The molecule has 0 aliphatic carbocycles. The summed E-state index contributed by atoms with van der Waals surface area (Å²) in [5.74, 6) is -0.389. The molecule has 0 radical (unpaired) electrons. The fourth-order valence-electron chi connectivity index (χ4n) is 4.01. The summed E-state index contributed by atoms with van der Waals surface area (Å²) in [6.45, 7) is 1.89. The number of carbonyl (C=O) groups is 1. The first kappa shape index (κ1) is 18.8. The van der Waals surface area contributed by atoms with Crippen LogP contribution in [-0.4, -0.2) is 12.5 Å². The molecule has 1 aliphatic heterocycles. The quantitative estimate of drug-likeness (QED) is 0.447. The van der Waals surface area contributed by atoms with Gasteiger partial charge in [-0.25, -0.2) is 4.39 Å². The van der Waals surface area contributed by atoms with Gasteiger partial charge in [-0.15, -0.1) is 11.3 Å². The third kappa shape index (κ3) is 3.94. The Bertz CT molecular complexity index is 1180. The van der Waals surface area contributed by atoms with E-state index in [1.165, 1.54) is 38.3 Å². The molecule has 3 nitrogen and oxygen atoms in total. The Morgan fingerprint density at radius 1 is 1.03 bits per heavy atom. The minimum absolute atomic E-state index is 0.0957. The van der Waals surface area contributed by atoms with Gasteiger partial charge in [0.15, 0.2) is 0 Å². The van der Waals surface area contributed by atoms with E-state index in [0.717, 1.165) is 30.8 Å². The van der Waals surface area contributed by atoms with Crippen LogP contribution < -0.4 is 10.2 Å². The van der Waals surface area contributed by atoms with Crippen LogP contribution in [0.2, 0.25) is 0 Å². The zero-order valence-electron chi connectivity index (χ0n) is 16.4. The number of hydrogen-bond acceptors (Lipinski definition) is 3. The van der Waals surface area contributed by atoms with E-state index in [2.05, 4.69) is 52.7 Å². The van der Waals surface area contributed by atoms with E-state index in [4.69, 9.17) is 0 Å². The Hall–Kier alpha value is -3.18. The molecule has 5 heteroatoms. The molecule has 4 aromatic rings. The van der Waals surface area contributed by atoms with Gasteiger partial charge in [0.1, 0.15) is 5.82 Å². The lowest BCUT2D eigenvalue weighted by molar-refractivity contribution is -0.115. The molecule has 3 aromatic carbocycles. The van der Waals surface area contributed by atoms with Crippen LogP contribution in [0.5, 0.6) is 0 Å². The second kappa shape index (κ2) is 7.92. The summed E-state index contributed by atoms with van der Waals surface area (Å²) in [6.07, 6.45) is 1.21. The van der Waals surface area contributed by atoms with Crippen molar-refractivity contribution < 1.29 is 9.18 Å². The minimum Gasteiger partial charge on any atom is -0.366 e. The number of fused-ring (bicyclic) bond motifs is 2. The van der Waals surface area contributed by atoms with Crippen molar-refractivity contribution in [1.82, 2.24) is 0 Å². The number of nitrogens with one attached hydrogen (secondary N) is 1. The van der Waals surface area contributed by atoms with Crippen molar-refractivity contribution in [3.05, 3.63) is 94.6 Å². The highest BCUT2D eigenvalue weighted by atomic mass is 32.1. The largest absolute Gasteiger partial charge is 0.366 e. The highest BCUT2D eigenvalue weighted by molar-refractivity contribution is 7.19. The van der Waals surface area contributed by atoms with E-state index in [0.29, 0.717) is 0 Å². The van der Waals surface area contributed by atoms with Gasteiger partial charge in [0, 0.05) is 27.5 Å². The number of nitrogens with zero attached hydrogens (tertiary/aromatic N) is 1. The van der Waals surface area contributed by atoms with Crippen LogP contribution in [0.25, 0.3) is 10.1 Å². The maximum absolute atomic E-state index is 13.0. The molecule has 1 N–H and O–H groups in total. The lowest BCUT2D eigenvalue weighted by atomic mass is 10.1. The fraction of sp³-hybridized carbons (Fsp3) is 0.160. The summed E-state index contributed by atoms with van der Waals surface area (Å²) in [6, 6.07) is 22.9. The first-order chi connectivity index (χ1) is 14.6. The van der Waals surface area contributed by atoms with E-state index in [9.17, 15) is 9.18 Å². The number of benzene rings is 3. The van der Waals surface area contributed by atoms with Crippen molar-refractivity contribution >= 4 is 38.7 Å². The average Bonchev–Trinajstić information content (AvgIpc) is 3.33. The fourth-order valence-corrected chi connectivity index (χ4v) is 5.09. The van der Waals surface area contributed by atoms with Gasteiger partial charge in [0.05, 0.1) is 13.0 Å². The minimum atomic E-state index is -0.294. The Kier molecular flexibility index (Phi) is 4.97. The van der Waals surface area contributed by atoms with Crippen molar-refractivity contribution in [2.24, 2.45) is 0 Å². The SMILES string of the molecule is O=C(Cc1ccc(F)cc1)Nc1ccc2c(c1)CCN2Cc1cc2ccccc2s1. The highest BCUT2D eigenvalue weighted by Gasteiger charge is 2.20. The van der Waals surface area contributed by atoms with Gasteiger partial charge in [-0.05, 0) is 65.4 Å². The molecule has 0 saturated carbocycles. The van der Waals surface area contributed by atoms with Gasteiger partial charge < -0.3 is 10.2 Å². The highest BCUT2D eigenvalue weighted by Crippen LogP contribution is 2.34. The molecular weight excluding hydrogens is 395 g/mol. The average molecular weight is 417 g/mol. The molecule has 5 rings (SSSR count). The third-order valence-corrected chi connectivity index (χ3v) is 6.56. The van der Waals surface area contributed by atoms with Crippen molar-refractivity contribution in [3.8, 4) is 0 Å². The Balaban J connectivity index is 1.26. The monoisotopic (exact) mass is 416 g/mol. The molecule has 1 amide bonds. The summed E-state index contributed by atoms with van der Waals surface area (Å²) < 4.78 is 14.3. The summed E-state index contributed by atoms with van der Waals surface area (Å²) in [4.78, 5) is 16.1. The summed E-state index contributed by atoms with van der Waals surface area (Å²) in [5, 5.41) is 4.27. The van der Waals surface area contributed by atoms with Gasteiger partial charge in [-0.3, -0.25) is 4.79 Å². The van der Waals surface area contributed by atoms with Gasteiger partial charge >= 0.3 is 0 Å². The van der Waals surface area contributed by atoms with Crippen LogP contribution in [0, 0.1) is 5.82 Å². The zero-order chi connectivity index (χ0) is 20.5. The van der Waals surface area contributed by atoms with Crippen molar-refractivity contribution in [3.63, 3.8) is 0 Å². The van der Waals surface area contributed by atoms with Crippen LogP contribution >= 0.6 is 11.3 Å². The topological polar surface area (TPSA) is 32.3 Å². The standard InChI is InChI=1S/C25H21FN2OS/c26-20-7-5-17(6-8-20)13-25(29)27-21-9-10-23-18(14-21)11-12-28(23)16-22-15-19-3-1-2-4-24(19)30-22/h1-10,14-15H,11-13,16H2,(H,27,29). The maximum Gasteiger partial charge on any atom is 0.228 e. The number of hydrogen-bond donors (Lipinski definition) is 1. The summed E-state index contributed by atoms with van der Waals surface area (Å²) >= 11 is 1.85. The Labute approximate surface area is 178 Å². The predicted octanol–water partition coefficient (Wildman–Crippen LogP) is 5.78. The van der Waals surface area contributed by atoms with Crippen molar-refractivity contribution in [1.29, 1.82) is 0 Å². The van der Waals surface area contributed by atoms with Crippen molar-refractivity contribution in [2.75, 3.05) is 16.8 Å². The number of anilines is 2. The summed E-state index contributed by atoms with van der Waals surface area (Å²) in [7, 11) is 0. The molecule has 0 bridgehead atoms. The van der Waals surface area contributed by atoms with Gasteiger partial charge in [0.25, 0.3) is 0 Å². The second-order valence-electron chi connectivity index (χ2n) is 7.62. The predicted molar refractivity (Wildman–Crippen MR) is 122 cm³/mol. The molecule has 30 heavy (non-hydrogen) atoms. The Morgan fingerprint density at radius 3 is 2.70 bits per heavy atom. The van der Waals surface area contributed by atoms with Crippen LogP contribution in [0.3, 0.4) is 0 Å². The first-order valence-electron chi connectivity index (χ1n) is 10.0. The molecule has 0 saturated heterocycles. The van der Waals surface area contributed by atoms with Gasteiger partial charge in [-0.2, -0.15) is 0 Å². The van der Waals surface area contributed by atoms with Crippen LogP contribution in [0.1, 0.15) is 16.0 Å². The van der Waals surface area contributed by atoms with E-state index >= 15 is 0 Å². The lowest BCUT2D eigenvalue weighted by Crippen LogP contribution is -2.18. The number of amides is 1. The number of halogens is 1. The maximum atomic E-state index is 13.0. The van der Waals surface area contributed by atoms with E-state index in [-0.39, 0.29) is 18.1 Å². The lowest BCUT2D eigenvalue weighted by Gasteiger charge is -2.18. The van der Waals surface area contributed by atoms with E-state index in [1.54, 1.807) is 12.1 Å². The second-order valence-corrected chi connectivity index (χ2v) is 8.79. The van der Waals surface area contributed by atoms with Gasteiger partial charge in [0.2, 0.25) is 5.91 Å². The van der Waals surface area contributed by atoms with Gasteiger partial charge in [-0.1, -0.05) is 30.3 Å². The smallest absolute Gasteiger partial charge is 0.228 e. The normalized spacial score (nSPS) is 12.9. The number of rotatable bonds is 5. The molecule has 150 valence electrons. The molecule has 1 aliphatic rings. The molecule has 0 fully saturated rings. The zero-order valence-corrected chi connectivity index (χ0v) is 17.2. The Morgan fingerprint density at radius 2 is 1.87 bits per heavy atom. The molecule has 0 atom stereocenters. The van der Waals surface area contributed by atoms with Crippen LogP contribution in [-0.2, 0) is 24.2 Å². The van der Waals surface area contributed by atoms with Crippen LogP contribution in [0.4, 0.5) is 15.8 Å². The van der Waals surface area contributed by atoms with E-state index < -0.39 is 0 Å². The molecule has 2 heterocycles. The first-order valence-corrected chi connectivity index (χ1v) is 10.9. The third-order valence-electron chi connectivity index (χ3n) is 5.46. The number of carbonyl (C=O) groups excluding carboxylic acids is 1. The van der Waals surface area contributed by atoms with E-state index in [1.807, 2.05) is 17.4 Å².